The van der Waals surface area contributed by atoms with E-state index < -0.39 is 24.3 Å². The first-order valence-corrected chi connectivity index (χ1v) is 10.8. The molecule has 1 aromatic carbocycles. The number of hydrogen-bond acceptors (Lipinski definition) is 6. The summed E-state index contributed by atoms with van der Waals surface area (Å²) in [7, 11) is 0. The van der Waals surface area contributed by atoms with Crippen molar-refractivity contribution in [2.24, 2.45) is 0 Å². The van der Waals surface area contributed by atoms with E-state index in [2.05, 4.69) is 25.8 Å². The number of nitrogens with one attached hydrogen (secondary N) is 3. The summed E-state index contributed by atoms with van der Waals surface area (Å²) >= 11 is 0. The van der Waals surface area contributed by atoms with Crippen molar-refractivity contribution in [2.75, 3.05) is 13.1 Å². The van der Waals surface area contributed by atoms with E-state index in [1.54, 1.807) is 12.3 Å². The molecule has 212 valence electrons. The average Bonchev–Trinajstić information content (AvgIpc) is 3.37. The first-order valence-electron chi connectivity index (χ1n) is 10.8. The van der Waals surface area contributed by atoms with Crippen molar-refractivity contribution >= 4 is 17.8 Å². The Morgan fingerprint density at radius 2 is 1.46 bits per heavy atom. The Kier molecular flexibility index (Phi) is 13.1. The molecule has 0 unspecified atom stereocenters. The van der Waals surface area contributed by atoms with Crippen LogP contribution in [-0.4, -0.2) is 68.7 Å². The normalized spacial score (nSPS) is 10.8. The van der Waals surface area contributed by atoms with E-state index in [0.717, 1.165) is 36.3 Å². The summed E-state index contributed by atoms with van der Waals surface area (Å²) in [5.41, 5.74) is 3.38. The van der Waals surface area contributed by atoms with Gasteiger partial charge in [-0.05, 0) is 30.7 Å². The number of carboxylic acid groups (broad SMARTS) is 2. The number of H-pyrrole nitrogens is 1. The largest absolute Gasteiger partial charge is 0.490 e. The molecule has 0 aliphatic rings. The molecule has 0 fully saturated rings. The number of alkyl halides is 6. The summed E-state index contributed by atoms with van der Waals surface area (Å²) in [4.78, 5) is 34.0. The lowest BCUT2D eigenvalue weighted by Crippen LogP contribution is -2.27. The zero-order valence-electron chi connectivity index (χ0n) is 19.9. The summed E-state index contributed by atoms with van der Waals surface area (Å²) in [6, 6.07) is 15.5. The second kappa shape index (κ2) is 15.7. The maximum atomic E-state index is 12.1. The Hall–Kier alpha value is -4.47. The number of benzene rings is 1. The van der Waals surface area contributed by atoms with Crippen LogP contribution in [0.4, 0.5) is 26.3 Å². The molecule has 0 aliphatic heterocycles. The van der Waals surface area contributed by atoms with Crippen LogP contribution < -0.4 is 10.6 Å². The summed E-state index contributed by atoms with van der Waals surface area (Å²) in [5.74, 6) is -5.65. The van der Waals surface area contributed by atoms with Crippen molar-refractivity contribution in [2.45, 2.75) is 25.3 Å². The zero-order chi connectivity index (χ0) is 29.5. The van der Waals surface area contributed by atoms with Crippen LogP contribution in [0.15, 0.2) is 60.9 Å². The molecule has 0 radical (unpaired) electrons. The molecule has 0 saturated carbocycles. The van der Waals surface area contributed by atoms with E-state index in [9.17, 15) is 31.1 Å². The summed E-state index contributed by atoms with van der Waals surface area (Å²) in [6.45, 7) is 2.22. The number of halogens is 6. The lowest BCUT2D eigenvalue weighted by atomic mass is 10.1. The molecule has 0 spiro atoms. The number of rotatable bonds is 8. The van der Waals surface area contributed by atoms with Gasteiger partial charge in [0.2, 0.25) is 0 Å². The number of hydrogen-bond donors (Lipinski definition) is 5. The molecule has 1 amide bonds. The van der Waals surface area contributed by atoms with Crippen LogP contribution in [0.25, 0.3) is 11.3 Å². The number of pyridine rings is 1. The SMILES string of the molecule is O=C(NCCCNCc1cccnc1)c1cc(-c2ccccc2)n[nH]1.O=C(O)C(F)(F)F.O=C(O)C(F)(F)F. The van der Waals surface area contributed by atoms with Crippen LogP contribution in [0.5, 0.6) is 0 Å². The number of nitrogens with zero attached hydrogens (tertiary/aromatic N) is 2. The smallest absolute Gasteiger partial charge is 0.475 e. The molecule has 16 heteroatoms. The highest BCUT2D eigenvalue weighted by Crippen LogP contribution is 2.17. The van der Waals surface area contributed by atoms with Crippen LogP contribution in [0, 0.1) is 0 Å². The van der Waals surface area contributed by atoms with E-state index in [1.807, 2.05) is 48.7 Å². The van der Waals surface area contributed by atoms with E-state index in [1.165, 1.54) is 0 Å². The van der Waals surface area contributed by atoms with E-state index in [-0.39, 0.29) is 5.91 Å². The minimum Gasteiger partial charge on any atom is -0.475 e. The predicted molar refractivity (Wildman–Crippen MR) is 124 cm³/mol. The molecule has 0 atom stereocenters. The Morgan fingerprint density at radius 3 is 1.97 bits per heavy atom. The van der Waals surface area contributed by atoms with Gasteiger partial charge in [-0.1, -0.05) is 36.4 Å². The first-order chi connectivity index (χ1) is 18.2. The lowest BCUT2D eigenvalue weighted by molar-refractivity contribution is -0.193. The third-order valence-corrected chi connectivity index (χ3v) is 4.24. The fourth-order valence-corrected chi connectivity index (χ4v) is 2.44. The summed E-state index contributed by atoms with van der Waals surface area (Å²) in [5, 5.41) is 27.5. The lowest BCUT2D eigenvalue weighted by Gasteiger charge is -2.05. The van der Waals surface area contributed by atoms with Crippen molar-refractivity contribution in [3.05, 3.63) is 72.2 Å². The van der Waals surface area contributed by atoms with Gasteiger partial charge in [0, 0.05) is 31.0 Å². The number of carboxylic acids is 2. The monoisotopic (exact) mass is 563 g/mol. The fourth-order valence-electron chi connectivity index (χ4n) is 2.44. The van der Waals surface area contributed by atoms with Gasteiger partial charge in [-0.25, -0.2) is 9.59 Å². The highest BCUT2D eigenvalue weighted by Gasteiger charge is 2.38. The summed E-state index contributed by atoms with van der Waals surface area (Å²) < 4.78 is 63.5. The first kappa shape index (κ1) is 32.6. The number of carbonyl (C=O) groups excluding carboxylic acids is 1. The fraction of sp³-hybridized carbons (Fsp3) is 0.261. The standard InChI is InChI=1S/C19H21N5O.2C2HF3O2/c25-19(18-12-17(23-24-18)16-7-2-1-3-8-16)22-11-5-10-21-14-15-6-4-9-20-13-15;2*3-2(4,5)1(6)7/h1-4,6-9,12-13,21H,5,10-11,14H2,(H,22,25)(H,23,24);2*(H,6,7). The minimum absolute atomic E-state index is 0.137. The molecule has 0 saturated heterocycles. The second-order valence-corrected chi connectivity index (χ2v) is 7.29. The highest BCUT2D eigenvalue weighted by molar-refractivity contribution is 5.93. The third-order valence-electron chi connectivity index (χ3n) is 4.24. The quantitative estimate of drug-likeness (QED) is 0.205. The van der Waals surface area contributed by atoms with E-state index >= 15 is 0 Å². The number of amides is 1. The van der Waals surface area contributed by atoms with Crippen molar-refractivity contribution in [1.82, 2.24) is 25.8 Å². The molecular formula is C23H23F6N5O5. The van der Waals surface area contributed by atoms with Gasteiger partial charge in [0.25, 0.3) is 5.91 Å². The van der Waals surface area contributed by atoms with Gasteiger partial charge >= 0.3 is 24.3 Å². The second-order valence-electron chi connectivity index (χ2n) is 7.29. The van der Waals surface area contributed by atoms with Gasteiger partial charge in [0.05, 0.1) is 5.69 Å². The Morgan fingerprint density at radius 1 is 0.872 bits per heavy atom. The Labute approximate surface area is 217 Å². The van der Waals surface area contributed by atoms with Gasteiger partial charge in [-0.2, -0.15) is 31.4 Å². The minimum atomic E-state index is -5.08. The third kappa shape index (κ3) is 13.6. The Balaban J connectivity index is 0.000000449. The predicted octanol–water partition coefficient (Wildman–Crippen LogP) is 3.65. The summed E-state index contributed by atoms with van der Waals surface area (Å²) in [6.07, 6.45) is -5.71. The van der Waals surface area contributed by atoms with Gasteiger partial charge in [-0.3, -0.25) is 14.9 Å². The maximum Gasteiger partial charge on any atom is 0.490 e. The van der Waals surface area contributed by atoms with Crippen LogP contribution in [-0.2, 0) is 16.1 Å². The maximum absolute atomic E-state index is 12.1. The van der Waals surface area contributed by atoms with Gasteiger partial charge in [0.15, 0.2) is 0 Å². The topological polar surface area (TPSA) is 157 Å². The zero-order valence-corrected chi connectivity index (χ0v) is 19.9. The number of aromatic nitrogens is 3. The van der Waals surface area contributed by atoms with E-state index in [4.69, 9.17) is 19.8 Å². The van der Waals surface area contributed by atoms with Crippen molar-refractivity contribution in [3.63, 3.8) is 0 Å². The molecule has 0 bridgehead atoms. The van der Waals surface area contributed by atoms with Crippen LogP contribution in [0.2, 0.25) is 0 Å². The van der Waals surface area contributed by atoms with Crippen LogP contribution in [0.1, 0.15) is 22.5 Å². The molecule has 2 heterocycles. The average molecular weight is 563 g/mol. The van der Waals surface area contributed by atoms with Crippen molar-refractivity contribution < 1.29 is 50.9 Å². The number of aliphatic carboxylic acids is 2. The number of aromatic amines is 1. The van der Waals surface area contributed by atoms with Gasteiger partial charge in [-0.15, -0.1) is 0 Å². The molecule has 39 heavy (non-hydrogen) atoms. The van der Waals surface area contributed by atoms with Gasteiger partial charge in [0.1, 0.15) is 5.69 Å². The molecule has 3 rings (SSSR count). The Bertz CT molecular complexity index is 1150. The van der Waals surface area contributed by atoms with Crippen molar-refractivity contribution in [3.8, 4) is 11.3 Å². The van der Waals surface area contributed by atoms with E-state index in [0.29, 0.717) is 12.2 Å². The van der Waals surface area contributed by atoms with Crippen molar-refractivity contribution in [1.29, 1.82) is 0 Å². The van der Waals surface area contributed by atoms with Crippen LogP contribution >= 0.6 is 0 Å². The highest BCUT2D eigenvalue weighted by atomic mass is 19.4. The van der Waals surface area contributed by atoms with Gasteiger partial charge < -0.3 is 20.8 Å². The molecule has 3 aromatic rings. The molecule has 5 N–H and O–H groups in total. The molecule has 2 aromatic heterocycles. The van der Waals surface area contributed by atoms with Crippen LogP contribution in [0.3, 0.4) is 0 Å². The molecular weight excluding hydrogens is 540 g/mol. The molecule has 10 nitrogen and oxygen atoms in total. The number of carbonyl (C=O) groups is 3. The molecule has 0 aliphatic carbocycles.